The van der Waals surface area contributed by atoms with Gasteiger partial charge in [-0.2, -0.15) is 0 Å². The number of rotatable bonds is 4. The van der Waals surface area contributed by atoms with Gasteiger partial charge in [-0.25, -0.2) is 9.97 Å². The molecule has 3 heterocycles. The number of nitrogens with one attached hydrogen (secondary N) is 2. The smallest absolute Gasteiger partial charge is 0.322 e. The third-order valence-electron chi connectivity index (χ3n) is 4.75. The van der Waals surface area contributed by atoms with Gasteiger partial charge in [0.15, 0.2) is 0 Å². The second-order valence-electron chi connectivity index (χ2n) is 6.91. The van der Waals surface area contributed by atoms with E-state index in [0.29, 0.717) is 18.4 Å². The average molecular weight is 376 g/mol. The maximum absolute atomic E-state index is 9.93. The molecule has 0 amide bonds. The second kappa shape index (κ2) is 6.94. The lowest BCUT2D eigenvalue weighted by atomic mass is 9.83. The number of anilines is 3. The van der Waals surface area contributed by atoms with Crippen molar-refractivity contribution in [1.29, 1.82) is 0 Å². The van der Waals surface area contributed by atoms with Crippen molar-refractivity contribution < 1.29 is 9.52 Å². The number of aliphatic hydroxyl groups excluding tert-OH is 1. The van der Waals surface area contributed by atoms with Gasteiger partial charge in [0, 0.05) is 36.2 Å². The molecule has 8 heteroatoms. The molecule has 1 aliphatic heterocycles. The number of benzene rings is 1. The fourth-order valence-corrected chi connectivity index (χ4v) is 3.23. The van der Waals surface area contributed by atoms with E-state index < -0.39 is 0 Å². The zero-order chi connectivity index (χ0) is 19.7. The molecule has 0 radical (unpaired) electrons. The Labute approximate surface area is 162 Å². The van der Waals surface area contributed by atoms with Gasteiger partial charge in [0.1, 0.15) is 0 Å². The number of aromatic nitrogens is 4. The summed E-state index contributed by atoms with van der Waals surface area (Å²) < 4.78 is 5.32. The average Bonchev–Trinajstić information content (AvgIpc) is 3.26. The molecule has 142 valence electrons. The predicted octanol–water partition coefficient (Wildman–Crippen LogP) is 2.63. The summed E-state index contributed by atoms with van der Waals surface area (Å²) in [6.07, 6.45) is 1.66. The highest BCUT2D eigenvalue weighted by Crippen LogP contribution is 2.41. The Morgan fingerprint density at radius 2 is 2.21 bits per heavy atom. The molecule has 1 aliphatic rings. The van der Waals surface area contributed by atoms with E-state index >= 15 is 0 Å². The van der Waals surface area contributed by atoms with Crippen molar-refractivity contribution in [2.75, 3.05) is 23.8 Å². The van der Waals surface area contributed by atoms with E-state index in [0.717, 1.165) is 28.1 Å². The number of nitrogens with zero attached hydrogens (tertiary/aromatic N) is 4. The van der Waals surface area contributed by atoms with Gasteiger partial charge in [-0.15, -0.1) is 11.0 Å². The van der Waals surface area contributed by atoms with Crippen LogP contribution in [0, 0.1) is 18.8 Å². The highest BCUT2D eigenvalue weighted by Gasteiger charge is 2.35. The third kappa shape index (κ3) is 3.17. The summed E-state index contributed by atoms with van der Waals surface area (Å²) in [6, 6.07) is 6.11. The van der Waals surface area contributed by atoms with Crippen LogP contribution in [0.1, 0.15) is 30.9 Å². The van der Waals surface area contributed by atoms with Gasteiger partial charge in [0.2, 0.25) is 11.8 Å². The zero-order valence-electron chi connectivity index (χ0n) is 15.9. The van der Waals surface area contributed by atoms with Crippen LogP contribution in [0.4, 0.5) is 17.7 Å². The van der Waals surface area contributed by atoms with Crippen LogP contribution < -0.4 is 10.6 Å². The number of aliphatic hydroxyl groups is 1. The minimum Gasteiger partial charge on any atom is -0.408 e. The standard InChI is InChI=1S/C20H20N6O2/c1-4-5-13-8-14(9-15-17(13)22-10-20(15,3)11-27)16-6-7-21-18(23-16)24-19-26-25-12(2)28-19/h6-9,22,27H,10-11H2,1-3H3,(H,21,23,24,26). The molecule has 0 bridgehead atoms. The first-order valence-electron chi connectivity index (χ1n) is 8.89. The van der Waals surface area contributed by atoms with E-state index in [9.17, 15) is 5.11 Å². The van der Waals surface area contributed by atoms with Gasteiger partial charge < -0.3 is 14.8 Å². The normalized spacial score (nSPS) is 17.4. The number of fused-ring (bicyclic) bond motifs is 1. The predicted molar refractivity (Wildman–Crippen MR) is 105 cm³/mol. The molecule has 0 fully saturated rings. The summed E-state index contributed by atoms with van der Waals surface area (Å²) in [5.74, 6) is 6.92. The Bertz CT molecular complexity index is 1100. The molecule has 4 rings (SSSR count). The van der Waals surface area contributed by atoms with Crippen LogP contribution in [0.2, 0.25) is 0 Å². The van der Waals surface area contributed by atoms with E-state index in [1.165, 1.54) is 0 Å². The molecule has 0 saturated heterocycles. The van der Waals surface area contributed by atoms with E-state index in [2.05, 4.69) is 48.7 Å². The summed E-state index contributed by atoms with van der Waals surface area (Å²) >= 11 is 0. The minimum absolute atomic E-state index is 0.0442. The fourth-order valence-electron chi connectivity index (χ4n) is 3.23. The molecular weight excluding hydrogens is 356 g/mol. The molecule has 3 N–H and O–H groups in total. The summed E-state index contributed by atoms with van der Waals surface area (Å²) in [7, 11) is 0. The van der Waals surface area contributed by atoms with E-state index in [-0.39, 0.29) is 18.0 Å². The van der Waals surface area contributed by atoms with Gasteiger partial charge in [-0.3, -0.25) is 5.32 Å². The second-order valence-corrected chi connectivity index (χ2v) is 6.91. The topological polar surface area (TPSA) is 109 Å². The molecule has 1 aromatic carbocycles. The first-order valence-corrected chi connectivity index (χ1v) is 8.89. The van der Waals surface area contributed by atoms with E-state index in [1.807, 2.05) is 19.1 Å². The Hall–Kier alpha value is -3.44. The van der Waals surface area contributed by atoms with Crippen LogP contribution in [0.25, 0.3) is 11.3 Å². The van der Waals surface area contributed by atoms with Crippen molar-refractivity contribution in [1.82, 2.24) is 20.2 Å². The largest absolute Gasteiger partial charge is 0.408 e. The minimum atomic E-state index is -0.370. The SMILES string of the molecule is CC#Cc1cc(-c2ccnc(Nc3nnc(C)o3)n2)cc2c1NCC2(C)CO. The van der Waals surface area contributed by atoms with E-state index in [4.69, 9.17) is 4.42 Å². The lowest BCUT2D eigenvalue weighted by molar-refractivity contribution is 0.219. The number of hydrogen-bond acceptors (Lipinski definition) is 8. The molecule has 0 aliphatic carbocycles. The quantitative estimate of drug-likeness (QED) is 0.596. The van der Waals surface area contributed by atoms with Gasteiger partial charge in [-0.05, 0) is 30.7 Å². The van der Waals surface area contributed by atoms with Crippen molar-refractivity contribution in [3.8, 4) is 23.1 Å². The molecule has 8 nitrogen and oxygen atoms in total. The Balaban J connectivity index is 1.77. The first-order chi connectivity index (χ1) is 13.5. The molecule has 1 atom stereocenters. The highest BCUT2D eigenvalue weighted by molar-refractivity contribution is 5.77. The fraction of sp³-hybridized carbons (Fsp3) is 0.300. The summed E-state index contributed by atoms with van der Waals surface area (Å²) in [5, 5.41) is 23.9. The first kappa shape index (κ1) is 17.9. The van der Waals surface area contributed by atoms with Crippen molar-refractivity contribution in [2.24, 2.45) is 0 Å². The summed E-state index contributed by atoms with van der Waals surface area (Å²) in [5.41, 5.74) is 4.14. The van der Waals surface area contributed by atoms with Crippen LogP contribution in [-0.4, -0.2) is 38.4 Å². The number of aryl methyl sites for hydroxylation is 1. The van der Waals surface area contributed by atoms with Crippen molar-refractivity contribution >= 4 is 17.7 Å². The Morgan fingerprint density at radius 1 is 1.36 bits per heavy atom. The summed E-state index contributed by atoms with van der Waals surface area (Å²) in [6.45, 7) is 6.25. The number of hydrogen-bond donors (Lipinski definition) is 3. The molecule has 1 unspecified atom stereocenters. The lowest BCUT2D eigenvalue weighted by Gasteiger charge is -2.21. The van der Waals surface area contributed by atoms with Crippen molar-refractivity contribution in [3.63, 3.8) is 0 Å². The van der Waals surface area contributed by atoms with Crippen molar-refractivity contribution in [2.45, 2.75) is 26.2 Å². The molecule has 3 aromatic rings. The highest BCUT2D eigenvalue weighted by atomic mass is 16.4. The molecule has 0 saturated carbocycles. The van der Waals surface area contributed by atoms with Crippen LogP contribution in [-0.2, 0) is 5.41 Å². The van der Waals surface area contributed by atoms with E-state index in [1.54, 1.807) is 20.0 Å². The maximum atomic E-state index is 9.93. The van der Waals surface area contributed by atoms with Gasteiger partial charge in [0.25, 0.3) is 0 Å². The molecule has 2 aromatic heterocycles. The zero-order valence-corrected chi connectivity index (χ0v) is 15.9. The van der Waals surface area contributed by atoms with Crippen LogP contribution >= 0.6 is 0 Å². The molecule has 28 heavy (non-hydrogen) atoms. The van der Waals surface area contributed by atoms with Gasteiger partial charge in [0.05, 0.1) is 18.0 Å². The van der Waals surface area contributed by atoms with Gasteiger partial charge in [-0.1, -0.05) is 17.9 Å². The van der Waals surface area contributed by atoms with Crippen LogP contribution in [0.15, 0.2) is 28.8 Å². The third-order valence-corrected chi connectivity index (χ3v) is 4.75. The summed E-state index contributed by atoms with van der Waals surface area (Å²) in [4.78, 5) is 8.78. The van der Waals surface area contributed by atoms with Gasteiger partial charge >= 0.3 is 6.01 Å². The monoisotopic (exact) mass is 376 g/mol. The Kier molecular flexibility index (Phi) is 4.45. The van der Waals surface area contributed by atoms with Crippen molar-refractivity contribution in [3.05, 3.63) is 41.4 Å². The molecular formula is C20H20N6O2. The molecule has 0 spiro atoms. The maximum Gasteiger partial charge on any atom is 0.322 e. The van der Waals surface area contributed by atoms with Crippen LogP contribution in [0.3, 0.4) is 0 Å². The van der Waals surface area contributed by atoms with Crippen LogP contribution in [0.5, 0.6) is 0 Å². The Morgan fingerprint density at radius 3 is 2.93 bits per heavy atom. The lowest BCUT2D eigenvalue weighted by Crippen LogP contribution is -2.28.